The molecular formula is C14H14N2O. The number of aliphatic hydroxyl groups is 1. The zero-order valence-corrected chi connectivity index (χ0v) is 9.72. The molecule has 0 unspecified atom stereocenters. The number of nitrogens with zero attached hydrogens (tertiary/aromatic N) is 2. The Morgan fingerprint density at radius 2 is 2.06 bits per heavy atom. The standard InChI is InChI=1S/C14H14N2O/c1-3-8-16(2)14-13-7-5-4-6-12(13)11(10-17)9-15-14/h1,4-7,9,17H,8,10H2,2H3. The van der Waals surface area contributed by atoms with Crippen molar-refractivity contribution in [2.75, 3.05) is 18.5 Å². The quantitative estimate of drug-likeness (QED) is 0.811. The van der Waals surface area contributed by atoms with E-state index < -0.39 is 0 Å². The molecule has 1 heterocycles. The van der Waals surface area contributed by atoms with E-state index in [1.54, 1.807) is 6.20 Å². The van der Waals surface area contributed by atoms with Gasteiger partial charge in [0.1, 0.15) is 5.82 Å². The first-order valence-corrected chi connectivity index (χ1v) is 5.40. The highest BCUT2D eigenvalue weighted by atomic mass is 16.3. The van der Waals surface area contributed by atoms with E-state index in [0.717, 1.165) is 22.2 Å². The number of hydrogen-bond acceptors (Lipinski definition) is 3. The molecule has 0 aliphatic carbocycles. The second-order valence-corrected chi connectivity index (χ2v) is 3.87. The van der Waals surface area contributed by atoms with Crippen LogP contribution < -0.4 is 4.90 Å². The molecule has 0 saturated carbocycles. The number of benzene rings is 1. The first kappa shape index (κ1) is 11.4. The third-order valence-electron chi connectivity index (χ3n) is 2.72. The normalized spacial score (nSPS) is 10.2. The van der Waals surface area contributed by atoms with Gasteiger partial charge in [0.15, 0.2) is 0 Å². The summed E-state index contributed by atoms with van der Waals surface area (Å²) < 4.78 is 0. The van der Waals surface area contributed by atoms with Crippen molar-refractivity contribution in [1.29, 1.82) is 0 Å². The Bertz CT molecular complexity index is 572. The highest BCUT2D eigenvalue weighted by Crippen LogP contribution is 2.26. The van der Waals surface area contributed by atoms with Gasteiger partial charge in [-0.05, 0) is 5.39 Å². The molecule has 0 spiro atoms. The van der Waals surface area contributed by atoms with E-state index >= 15 is 0 Å². The Morgan fingerprint density at radius 3 is 2.71 bits per heavy atom. The van der Waals surface area contributed by atoms with Crippen molar-refractivity contribution in [3.63, 3.8) is 0 Å². The molecule has 3 heteroatoms. The van der Waals surface area contributed by atoms with Gasteiger partial charge >= 0.3 is 0 Å². The van der Waals surface area contributed by atoms with Gasteiger partial charge in [0.05, 0.1) is 13.2 Å². The van der Waals surface area contributed by atoms with Gasteiger partial charge in [-0.2, -0.15) is 0 Å². The average Bonchev–Trinajstić information content (AvgIpc) is 2.37. The van der Waals surface area contributed by atoms with Gasteiger partial charge < -0.3 is 10.0 Å². The molecule has 1 N–H and O–H groups in total. The summed E-state index contributed by atoms with van der Waals surface area (Å²) >= 11 is 0. The number of anilines is 1. The van der Waals surface area contributed by atoms with Crippen LogP contribution in [-0.2, 0) is 6.61 Å². The van der Waals surface area contributed by atoms with E-state index in [2.05, 4.69) is 10.9 Å². The Kier molecular flexibility index (Phi) is 3.27. The van der Waals surface area contributed by atoms with Crippen LogP contribution in [0.4, 0.5) is 5.82 Å². The summed E-state index contributed by atoms with van der Waals surface area (Å²) in [6.45, 7) is 0.502. The van der Waals surface area contributed by atoms with Gasteiger partial charge in [0.25, 0.3) is 0 Å². The smallest absolute Gasteiger partial charge is 0.136 e. The number of pyridine rings is 1. The maximum Gasteiger partial charge on any atom is 0.136 e. The maximum absolute atomic E-state index is 9.28. The van der Waals surface area contributed by atoms with Crippen LogP contribution in [0.25, 0.3) is 10.8 Å². The Labute approximate surface area is 101 Å². The molecular weight excluding hydrogens is 212 g/mol. The molecule has 0 atom stereocenters. The lowest BCUT2D eigenvalue weighted by molar-refractivity contribution is 0.283. The van der Waals surface area contributed by atoms with E-state index in [-0.39, 0.29) is 6.61 Å². The summed E-state index contributed by atoms with van der Waals surface area (Å²) in [6.07, 6.45) is 7.01. The Balaban J connectivity index is 2.63. The molecule has 0 bridgehead atoms. The minimum absolute atomic E-state index is 0.00730. The lowest BCUT2D eigenvalue weighted by Crippen LogP contribution is -2.18. The van der Waals surface area contributed by atoms with Gasteiger partial charge in [0.2, 0.25) is 0 Å². The molecule has 2 rings (SSSR count). The summed E-state index contributed by atoms with van der Waals surface area (Å²) in [5, 5.41) is 11.3. The topological polar surface area (TPSA) is 36.4 Å². The van der Waals surface area contributed by atoms with Crippen LogP contribution in [0.2, 0.25) is 0 Å². The van der Waals surface area contributed by atoms with E-state index in [9.17, 15) is 5.11 Å². The van der Waals surface area contributed by atoms with Crippen LogP contribution >= 0.6 is 0 Å². The van der Waals surface area contributed by atoms with Crippen molar-refractivity contribution in [3.05, 3.63) is 36.0 Å². The van der Waals surface area contributed by atoms with E-state index in [4.69, 9.17) is 6.42 Å². The first-order valence-electron chi connectivity index (χ1n) is 5.40. The molecule has 0 aliphatic rings. The molecule has 0 aliphatic heterocycles. The zero-order valence-electron chi connectivity index (χ0n) is 9.72. The lowest BCUT2D eigenvalue weighted by Gasteiger charge is -2.18. The van der Waals surface area contributed by atoms with Gasteiger partial charge in [-0.15, -0.1) is 6.42 Å². The number of hydrogen-bond donors (Lipinski definition) is 1. The molecule has 3 nitrogen and oxygen atoms in total. The summed E-state index contributed by atoms with van der Waals surface area (Å²) in [5.74, 6) is 3.44. The van der Waals surface area contributed by atoms with Gasteiger partial charge in [-0.25, -0.2) is 4.98 Å². The summed E-state index contributed by atoms with van der Waals surface area (Å²) in [4.78, 5) is 6.29. The van der Waals surface area contributed by atoms with E-state index in [1.807, 2.05) is 36.2 Å². The van der Waals surface area contributed by atoms with Crippen LogP contribution in [0, 0.1) is 12.3 Å². The van der Waals surface area contributed by atoms with Crippen LogP contribution in [0.1, 0.15) is 5.56 Å². The second kappa shape index (κ2) is 4.86. The first-order chi connectivity index (χ1) is 8.27. The van der Waals surface area contributed by atoms with Crippen molar-refractivity contribution in [2.24, 2.45) is 0 Å². The monoisotopic (exact) mass is 226 g/mol. The predicted octanol–water partition coefficient (Wildman–Crippen LogP) is 1.80. The van der Waals surface area contributed by atoms with E-state index in [0.29, 0.717) is 6.54 Å². The van der Waals surface area contributed by atoms with Crippen molar-refractivity contribution in [3.8, 4) is 12.3 Å². The minimum atomic E-state index is -0.00730. The zero-order chi connectivity index (χ0) is 12.3. The van der Waals surface area contributed by atoms with Crippen LogP contribution in [0.5, 0.6) is 0 Å². The third kappa shape index (κ3) is 2.08. The Hall–Kier alpha value is -2.05. The number of rotatable bonds is 3. The fourth-order valence-electron chi connectivity index (χ4n) is 1.88. The molecule has 1 aromatic carbocycles. The lowest BCUT2D eigenvalue weighted by atomic mass is 10.1. The molecule has 86 valence electrons. The van der Waals surface area contributed by atoms with Crippen molar-refractivity contribution < 1.29 is 5.11 Å². The van der Waals surface area contributed by atoms with E-state index in [1.165, 1.54) is 0 Å². The van der Waals surface area contributed by atoms with Crippen LogP contribution in [0.15, 0.2) is 30.5 Å². The Morgan fingerprint density at radius 1 is 1.35 bits per heavy atom. The average molecular weight is 226 g/mol. The molecule has 17 heavy (non-hydrogen) atoms. The third-order valence-corrected chi connectivity index (χ3v) is 2.72. The van der Waals surface area contributed by atoms with Crippen LogP contribution in [-0.4, -0.2) is 23.7 Å². The highest BCUT2D eigenvalue weighted by Gasteiger charge is 2.09. The molecule has 1 aromatic heterocycles. The van der Waals surface area contributed by atoms with Gasteiger partial charge in [-0.3, -0.25) is 0 Å². The SMILES string of the molecule is C#CCN(C)c1ncc(CO)c2ccccc12. The summed E-state index contributed by atoms with van der Waals surface area (Å²) in [5.41, 5.74) is 0.832. The molecule has 0 amide bonds. The number of aromatic nitrogens is 1. The summed E-state index contributed by atoms with van der Waals surface area (Å²) in [7, 11) is 1.91. The number of fused-ring (bicyclic) bond motifs is 1. The summed E-state index contributed by atoms with van der Waals surface area (Å²) in [6, 6.07) is 7.88. The fourth-order valence-corrected chi connectivity index (χ4v) is 1.88. The predicted molar refractivity (Wildman–Crippen MR) is 69.8 cm³/mol. The highest BCUT2D eigenvalue weighted by molar-refractivity contribution is 5.94. The van der Waals surface area contributed by atoms with Crippen LogP contribution in [0.3, 0.4) is 0 Å². The number of terminal acetylenes is 1. The molecule has 0 fully saturated rings. The van der Waals surface area contributed by atoms with Crippen molar-refractivity contribution >= 4 is 16.6 Å². The maximum atomic E-state index is 9.28. The van der Waals surface area contributed by atoms with Crippen molar-refractivity contribution in [1.82, 2.24) is 4.98 Å². The van der Waals surface area contributed by atoms with Gasteiger partial charge in [-0.1, -0.05) is 30.2 Å². The molecule has 0 saturated heterocycles. The molecule has 0 radical (unpaired) electrons. The fraction of sp³-hybridized carbons (Fsp3) is 0.214. The second-order valence-electron chi connectivity index (χ2n) is 3.87. The largest absolute Gasteiger partial charge is 0.392 e. The van der Waals surface area contributed by atoms with Gasteiger partial charge in [0, 0.05) is 24.2 Å². The number of aliphatic hydroxyl groups excluding tert-OH is 1. The minimum Gasteiger partial charge on any atom is -0.392 e. The van der Waals surface area contributed by atoms with Crippen molar-refractivity contribution in [2.45, 2.75) is 6.61 Å². The molecule has 2 aromatic rings.